The Bertz CT molecular complexity index is 577. The highest BCUT2D eigenvalue weighted by Crippen LogP contribution is 2.56. The monoisotopic (exact) mass is 316 g/mol. The lowest BCUT2D eigenvalue weighted by molar-refractivity contribution is 0.0308. The van der Waals surface area contributed by atoms with Crippen LogP contribution in [0.5, 0.6) is 0 Å². The van der Waals surface area contributed by atoms with Gasteiger partial charge in [0.1, 0.15) is 0 Å². The highest BCUT2D eigenvalue weighted by atomic mass is 79.9. The van der Waals surface area contributed by atoms with E-state index >= 15 is 0 Å². The van der Waals surface area contributed by atoms with E-state index in [2.05, 4.69) is 40.2 Å². The van der Waals surface area contributed by atoms with Gasteiger partial charge in [-0.3, -0.25) is 0 Å². The van der Waals surface area contributed by atoms with E-state index in [4.69, 9.17) is 0 Å². The van der Waals surface area contributed by atoms with Gasteiger partial charge in [-0.2, -0.15) is 0 Å². The second-order valence-corrected chi connectivity index (χ2v) is 6.43. The Morgan fingerprint density at radius 3 is 2.53 bits per heavy atom. The maximum Gasteiger partial charge on any atom is 0.0903 e. The van der Waals surface area contributed by atoms with Crippen molar-refractivity contribution in [2.24, 2.45) is 5.92 Å². The van der Waals surface area contributed by atoms with Crippen molar-refractivity contribution in [1.29, 1.82) is 0 Å². The second kappa shape index (κ2) is 4.77. The van der Waals surface area contributed by atoms with E-state index in [1.54, 1.807) is 0 Å². The molecule has 0 bridgehead atoms. The summed E-state index contributed by atoms with van der Waals surface area (Å²) >= 11 is 3.47. The fourth-order valence-electron chi connectivity index (χ4n) is 2.90. The van der Waals surface area contributed by atoms with Crippen LogP contribution in [0.2, 0.25) is 0 Å². The summed E-state index contributed by atoms with van der Waals surface area (Å²) in [5, 5.41) is 10.9. The molecule has 2 heteroatoms. The molecule has 1 nitrogen and oxygen atoms in total. The predicted molar refractivity (Wildman–Crippen MR) is 81.0 cm³/mol. The summed E-state index contributed by atoms with van der Waals surface area (Å²) in [5.41, 5.74) is 1.57. The molecule has 1 saturated carbocycles. The highest BCUT2D eigenvalue weighted by molar-refractivity contribution is 9.10. The maximum atomic E-state index is 10.9. The molecule has 19 heavy (non-hydrogen) atoms. The molecule has 2 aromatic rings. The van der Waals surface area contributed by atoms with Gasteiger partial charge in [0.2, 0.25) is 0 Å². The van der Waals surface area contributed by atoms with Gasteiger partial charge in [-0.05, 0) is 48.4 Å². The van der Waals surface area contributed by atoms with Gasteiger partial charge in [0, 0.05) is 4.47 Å². The van der Waals surface area contributed by atoms with Gasteiger partial charge in [-0.1, -0.05) is 58.4 Å². The predicted octanol–water partition coefficient (Wildman–Crippen LogP) is 4.46. The summed E-state index contributed by atoms with van der Waals surface area (Å²) in [5.74, 6) is 0.791. The lowest BCUT2D eigenvalue weighted by Gasteiger charge is -2.24. The van der Waals surface area contributed by atoms with Crippen molar-refractivity contribution in [3.05, 3.63) is 70.2 Å². The first kappa shape index (κ1) is 12.9. The molecule has 1 aliphatic rings. The van der Waals surface area contributed by atoms with E-state index in [1.165, 1.54) is 5.56 Å². The SMILES string of the molecule is CC(O)(c1cccc(Br)c1)C1CC1c1ccccc1. The third-order valence-corrected chi connectivity index (χ3v) is 4.64. The lowest BCUT2D eigenvalue weighted by atomic mass is 9.89. The van der Waals surface area contributed by atoms with Gasteiger partial charge in [0.15, 0.2) is 0 Å². The van der Waals surface area contributed by atoms with Gasteiger partial charge in [0.05, 0.1) is 5.60 Å². The molecule has 98 valence electrons. The van der Waals surface area contributed by atoms with Crippen LogP contribution in [0, 0.1) is 5.92 Å². The third-order valence-electron chi connectivity index (χ3n) is 4.15. The minimum absolute atomic E-state index is 0.309. The van der Waals surface area contributed by atoms with E-state index < -0.39 is 5.60 Å². The van der Waals surface area contributed by atoms with Crippen LogP contribution in [-0.4, -0.2) is 5.11 Å². The Hall–Kier alpha value is -1.12. The summed E-state index contributed by atoms with van der Waals surface area (Å²) in [6, 6.07) is 18.5. The normalized spacial score (nSPS) is 24.8. The van der Waals surface area contributed by atoms with Crippen LogP contribution in [0.4, 0.5) is 0 Å². The summed E-state index contributed by atoms with van der Waals surface area (Å²) in [6.45, 7) is 1.93. The molecule has 1 N–H and O–H groups in total. The van der Waals surface area contributed by atoms with Crippen molar-refractivity contribution in [2.75, 3.05) is 0 Å². The first-order valence-corrected chi connectivity index (χ1v) is 7.41. The number of benzene rings is 2. The Balaban J connectivity index is 1.84. The molecule has 0 spiro atoms. The molecule has 0 saturated heterocycles. The zero-order valence-electron chi connectivity index (χ0n) is 10.9. The van der Waals surface area contributed by atoms with Crippen LogP contribution in [0.25, 0.3) is 0 Å². The average Bonchev–Trinajstić information content (AvgIpc) is 3.21. The number of hydrogen-bond acceptors (Lipinski definition) is 1. The maximum absolute atomic E-state index is 10.9. The zero-order chi connectivity index (χ0) is 13.5. The van der Waals surface area contributed by atoms with E-state index in [9.17, 15) is 5.11 Å². The van der Waals surface area contributed by atoms with Crippen LogP contribution in [0.3, 0.4) is 0 Å². The van der Waals surface area contributed by atoms with E-state index in [0.29, 0.717) is 11.8 Å². The minimum atomic E-state index is -0.760. The van der Waals surface area contributed by atoms with Gasteiger partial charge >= 0.3 is 0 Å². The summed E-state index contributed by atoms with van der Waals surface area (Å²) in [6.07, 6.45) is 1.06. The Kier molecular flexibility index (Phi) is 3.23. The number of hydrogen-bond donors (Lipinski definition) is 1. The van der Waals surface area contributed by atoms with Gasteiger partial charge < -0.3 is 5.11 Å². The van der Waals surface area contributed by atoms with Crippen LogP contribution < -0.4 is 0 Å². The largest absolute Gasteiger partial charge is 0.385 e. The molecule has 1 aliphatic carbocycles. The lowest BCUT2D eigenvalue weighted by Crippen LogP contribution is -2.24. The quantitative estimate of drug-likeness (QED) is 0.886. The van der Waals surface area contributed by atoms with E-state index in [1.807, 2.05) is 37.3 Å². The third kappa shape index (κ3) is 2.47. The van der Waals surface area contributed by atoms with Gasteiger partial charge in [0.25, 0.3) is 0 Å². The number of rotatable bonds is 3. The van der Waals surface area contributed by atoms with Crippen LogP contribution in [-0.2, 0) is 5.60 Å². The fourth-order valence-corrected chi connectivity index (χ4v) is 3.30. The Morgan fingerprint density at radius 1 is 1.11 bits per heavy atom. The van der Waals surface area contributed by atoms with Crippen molar-refractivity contribution in [3.8, 4) is 0 Å². The van der Waals surface area contributed by atoms with Crippen molar-refractivity contribution in [1.82, 2.24) is 0 Å². The molecule has 3 rings (SSSR count). The Morgan fingerprint density at radius 2 is 1.84 bits per heavy atom. The van der Waals surface area contributed by atoms with Gasteiger partial charge in [-0.15, -0.1) is 0 Å². The summed E-state index contributed by atoms with van der Waals surface area (Å²) in [7, 11) is 0. The van der Waals surface area contributed by atoms with E-state index in [0.717, 1.165) is 16.5 Å². The Labute approximate surface area is 122 Å². The van der Waals surface area contributed by atoms with E-state index in [-0.39, 0.29) is 0 Å². The van der Waals surface area contributed by atoms with Crippen LogP contribution in [0.1, 0.15) is 30.4 Å². The van der Waals surface area contributed by atoms with Crippen molar-refractivity contribution >= 4 is 15.9 Å². The summed E-state index contributed by atoms with van der Waals surface area (Å²) in [4.78, 5) is 0. The van der Waals surface area contributed by atoms with Crippen molar-refractivity contribution < 1.29 is 5.11 Å². The first-order valence-electron chi connectivity index (χ1n) is 6.62. The average molecular weight is 317 g/mol. The molecule has 2 aromatic carbocycles. The molecule has 0 aromatic heterocycles. The molecule has 0 radical (unpaired) electrons. The standard InChI is InChI=1S/C17H17BrO/c1-17(19,13-8-5-9-14(18)10-13)16-11-15(16)12-6-3-2-4-7-12/h2-10,15-16,19H,11H2,1H3. The van der Waals surface area contributed by atoms with Crippen molar-refractivity contribution in [3.63, 3.8) is 0 Å². The molecule has 3 unspecified atom stereocenters. The highest BCUT2D eigenvalue weighted by Gasteiger charge is 2.50. The summed E-state index contributed by atoms with van der Waals surface area (Å²) < 4.78 is 1.02. The van der Waals surface area contributed by atoms with Crippen LogP contribution in [0.15, 0.2) is 59.1 Å². The minimum Gasteiger partial charge on any atom is -0.385 e. The zero-order valence-corrected chi connectivity index (χ0v) is 12.5. The molecule has 1 fully saturated rings. The van der Waals surface area contributed by atoms with Crippen molar-refractivity contribution in [2.45, 2.75) is 24.9 Å². The molecule has 0 aliphatic heterocycles. The second-order valence-electron chi connectivity index (χ2n) is 5.52. The first-order chi connectivity index (χ1) is 9.09. The number of halogens is 1. The fraction of sp³-hybridized carbons (Fsp3) is 0.294. The number of aliphatic hydroxyl groups is 1. The molecular weight excluding hydrogens is 300 g/mol. The molecule has 0 amide bonds. The molecular formula is C17H17BrO. The molecule has 3 atom stereocenters. The smallest absolute Gasteiger partial charge is 0.0903 e. The molecule has 0 heterocycles. The van der Waals surface area contributed by atoms with Crippen LogP contribution >= 0.6 is 15.9 Å². The van der Waals surface area contributed by atoms with Gasteiger partial charge in [-0.25, -0.2) is 0 Å². The topological polar surface area (TPSA) is 20.2 Å².